The van der Waals surface area contributed by atoms with E-state index in [1.165, 1.54) is 6.26 Å². The molecule has 0 spiro atoms. The number of rotatable bonds is 4. The summed E-state index contributed by atoms with van der Waals surface area (Å²) in [5, 5.41) is 4.34. The van der Waals surface area contributed by atoms with E-state index in [1.807, 2.05) is 18.2 Å². The lowest BCUT2D eigenvalue weighted by Gasteiger charge is -2.37. The van der Waals surface area contributed by atoms with Crippen molar-refractivity contribution >= 4 is 21.6 Å². The topological polar surface area (TPSA) is 49.4 Å². The highest BCUT2D eigenvalue weighted by molar-refractivity contribution is 7.88. The van der Waals surface area contributed by atoms with E-state index < -0.39 is 10.0 Å². The quantitative estimate of drug-likeness (QED) is 0.923. The monoisotopic (exact) mass is 330 g/mol. The molecule has 4 nitrogen and oxygen atoms in total. The van der Waals surface area contributed by atoms with Gasteiger partial charge in [0, 0.05) is 30.2 Å². The second-order valence-corrected chi connectivity index (χ2v) is 8.36. The minimum absolute atomic E-state index is 0.195. The summed E-state index contributed by atoms with van der Waals surface area (Å²) in [7, 11) is -3.08. The van der Waals surface area contributed by atoms with E-state index in [-0.39, 0.29) is 12.0 Å². The van der Waals surface area contributed by atoms with E-state index in [2.05, 4.69) is 25.2 Å². The Morgan fingerprint density at radius 3 is 2.71 bits per heavy atom. The summed E-state index contributed by atoms with van der Waals surface area (Å²) in [5.74, 6) is 0.287. The molecule has 118 valence electrons. The molecule has 1 aromatic carbocycles. The molecule has 0 aliphatic carbocycles. The van der Waals surface area contributed by atoms with E-state index >= 15 is 0 Å². The first-order chi connectivity index (χ1) is 9.77. The maximum absolute atomic E-state index is 11.6. The van der Waals surface area contributed by atoms with Crippen molar-refractivity contribution in [2.45, 2.75) is 32.4 Å². The molecule has 1 heterocycles. The first kappa shape index (κ1) is 16.7. The Morgan fingerprint density at radius 2 is 2.14 bits per heavy atom. The van der Waals surface area contributed by atoms with Crippen molar-refractivity contribution in [1.29, 1.82) is 0 Å². The van der Waals surface area contributed by atoms with Crippen molar-refractivity contribution in [3.63, 3.8) is 0 Å². The SMILES string of the molecule is CC(NC1CCN(S(C)(=O)=O)CC1C)c1cccc(Cl)c1. The second-order valence-electron chi connectivity index (χ2n) is 5.94. The zero-order chi connectivity index (χ0) is 15.6. The smallest absolute Gasteiger partial charge is 0.211 e. The van der Waals surface area contributed by atoms with E-state index in [9.17, 15) is 8.42 Å². The van der Waals surface area contributed by atoms with Gasteiger partial charge in [0.2, 0.25) is 10.0 Å². The fourth-order valence-corrected chi connectivity index (χ4v) is 3.99. The molecule has 1 aromatic rings. The van der Waals surface area contributed by atoms with Crippen molar-refractivity contribution in [3.05, 3.63) is 34.9 Å². The lowest BCUT2D eigenvalue weighted by molar-refractivity contribution is 0.210. The molecule has 3 atom stereocenters. The van der Waals surface area contributed by atoms with Crippen molar-refractivity contribution in [3.8, 4) is 0 Å². The van der Waals surface area contributed by atoms with Gasteiger partial charge in [0.05, 0.1) is 6.26 Å². The van der Waals surface area contributed by atoms with Gasteiger partial charge < -0.3 is 5.32 Å². The van der Waals surface area contributed by atoms with Gasteiger partial charge in [-0.05, 0) is 37.0 Å². The van der Waals surface area contributed by atoms with Gasteiger partial charge in [-0.1, -0.05) is 30.7 Å². The summed E-state index contributed by atoms with van der Waals surface area (Å²) >= 11 is 6.03. The molecule has 1 aliphatic heterocycles. The van der Waals surface area contributed by atoms with Gasteiger partial charge in [0.1, 0.15) is 0 Å². The van der Waals surface area contributed by atoms with Crippen LogP contribution in [-0.4, -0.2) is 38.1 Å². The summed E-state index contributed by atoms with van der Waals surface area (Å²) in [6, 6.07) is 8.35. The van der Waals surface area contributed by atoms with Crippen LogP contribution in [0.2, 0.25) is 5.02 Å². The van der Waals surface area contributed by atoms with Crippen LogP contribution in [0.4, 0.5) is 0 Å². The molecule has 1 aliphatic rings. The summed E-state index contributed by atoms with van der Waals surface area (Å²) < 4.78 is 24.8. The third-order valence-corrected chi connectivity index (χ3v) is 5.65. The Morgan fingerprint density at radius 1 is 1.43 bits per heavy atom. The van der Waals surface area contributed by atoms with Crippen LogP contribution in [0.5, 0.6) is 0 Å². The molecular weight excluding hydrogens is 308 g/mol. The summed E-state index contributed by atoms with van der Waals surface area (Å²) in [4.78, 5) is 0. The van der Waals surface area contributed by atoms with Crippen molar-refractivity contribution in [2.24, 2.45) is 5.92 Å². The number of nitrogens with zero attached hydrogens (tertiary/aromatic N) is 1. The number of benzene rings is 1. The Hall–Kier alpha value is -0.620. The van der Waals surface area contributed by atoms with Crippen LogP contribution in [0.15, 0.2) is 24.3 Å². The number of halogens is 1. The van der Waals surface area contributed by atoms with E-state index in [4.69, 9.17) is 11.6 Å². The van der Waals surface area contributed by atoms with Crippen LogP contribution in [-0.2, 0) is 10.0 Å². The predicted octanol–water partition coefficient (Wildman–Crippen LogP) is 2.66. The van der Waals surface area contributed by atoms with Crippen molar-refractivity contribution in [1.82, 2.24) is 9.62 Å². The fraction of sp³-hybridized carbons (Fsp3) is 0.600. The lowest BCUT2D eigenvalue weighted by atomic mass is 9.93. The molecular formula is C15H23ClN2O2S. The number of hydrogen-bond donors (Lipinski definition) is 1. The van der Waals surface area contributed by atoms with Gasteiger partial charge >= 0.3 is 0 Å². The third kappa shape index (κ3) is 4.42. The number of nitrogens with one attached hydrogen (secondary N) is 1. The van der Waals surface area contributed by atoms with Crippen LogP contribution >= 0.6 is 11.6 Å². The Bertz CT molecular complexity index is 591. The van der Waals surface area contributed by atoms with Gasteiger partial charge in [-0.3, -0.25) is 0 Å². The molecule has 0 amide bonds. The van der Waals surface area contributed by atoms with Gasteiger partial charge in [-0.25, -0.2) is 12.7 Å². The first-order valence-corrected chi connectivity index (χ1v) is 9.46. The number of piperidine rings is 1. The van der Waals surface area contributed by atoms with Gasteiger partial charge in [0.15, 0.2) is 0 Å². The summed E-state index contributed by atoms with van der Waals surface area (Å²) in [6.45, 7) is 5.38. The molecule has 0 saturated carbocycles. The fourth-order valence-electron chi connectivity index (χ4n) is 2.85. The highest BCUT2D eigenvalue weighted by Gasteiger charge is 2.31. The van der Waals surface area contributed by atoms with Crippen LogP contribution in [0, 0.1) is 5.92 Å². The molecule has 21 heavy (non-hydrogen) atoms. The Balaban J connectivity index is 1.98. The minimum atomic E-state index is -3.08. The average Bonchev–Trinajstić information content (AvgIpc) is 2.39. The molecule has 1 fully saturated rings. The lowest BCUT2D eigenvalue weighted by Crippen LogP contribution is -2.50. The molecule has 3 unspecified atom stereocenters. The molecule has 1 saturated heterocycles. The van der Waals surface area contributed by atoms with E-state index in [0.29, 0.717) is 19.1 Å². The van der Waals surface area contributed by atoms with Gasteiger partial charge in [-0.15, -0.1) is 0 Å². The first-order valence-electron chi connectivity index (χ1n) is 7.24. The number of sulfonamides is 1. The molecule has 0 bridgehead atoms. The molecule has 0 aromatic heterocycles. The molecule has 2 rings (SSSR count). The average molecular weight is 331 g/mol. The van der Waals surface area contributed by atoms with E-state index in [1.54, 1.807) is 4.31 Å². The van der Waals surface area contributed by atoms with Crippen LogP contribution < -0.4 is 5.32 Å². The normalized spacial score (nSPS) is 25.7. The highest BCUT2D eigenvalue weighted by atomic mass is 35.5. The number of hydrogen-bond acceptors (Lipinski definition) is 3. The van der Waals surface area contributed by atoms with Gasteiger partial charge in [0.25, 0.3) is 0 Å². The largest absolute Gasteiger partial charge is 0.307 e. The molecule has 1 N–H and O–H groups in total. The van der Waals surface area contributed by atoms with E-state index in [0.717, 1.165) is 17.0 Å². The predicted molar refractivity (Wildman–Crippen MR) is 87.0 cm³/mol. The Kier molecular flexibility index (Phi) is 5.30. The second kappa shape index (κ2) is 6.65. The van der Waals surface area contributed by atoms with Crippen molar-refractivity contribution in [2.75, 3.05) is 19.3 Å². The third-order valence-electron chi connectivity index (χ3n) is 4.15. The van der Waals surface area contributed by atoms with Crippen molar-refractivity contribution < 1.29 is 8.42 Å². The zero-order valence-corrected chi connectivity index (χ0v) is 14.3. The summed E-state index contributed by atoms with van der Waals surface area (Å²) in [6.07, 6.45) is 2.11. The summed E-state index contributed by atoms with van der Waals surface area (Å²) in [5.41, 5.74) is 1.15. The molecule has 0 radical (unpaired) electrons. The zero-order valence-electron chi connectivity index (χ0n) is 12.7. The van der Waals surface area contributed by atoms with Crippen LogP contribution in [0.25, 0.3) is 0 Å². The standard InChI is InChI=1S/C15H23ClN2O2S/c1-11-10-18(21(3,19)20)8-7-15(11)17-12(2)13-5-4-6-14(16)9-13/h4-6,9,11-12,15,17H,7-8,10H2,1-3H3. The van der Waals surface area contributed by atoms with Crippen LogP contribution in [0.1, 0.15) is 31.9 Å². The Labute approximate surface area is 132 Å². The maximum atomic E-state index is 11.6. The molecule has 6 heteroatoms. The van der Waals surface area contributed by atoms with Gasteiger partial charge in [-0.2, -0.15) is 0 Å². The maximum Gasteiger partial charge on any atom is 0.211 e. The highest BCUT2D eigenvalue weighted by Crippen LogP contribution is 2.23. The minimum Gasteiger partial charge on any atom is -0.307 e. The van der Waals surface area contributed by atoms with Crippen LogP contribution in [0.3, 0.4) is 0 Å².